The number of fused-ring (bicyclic) bond motifs is 4. The Labute approximate surface area is 151 Å². The molecule has 0 radical (unpaired) electrons. The van der Waals surface area contributed by atoms with Gasteiger partial charge in [0.05, 0.1) is 24.4 Å². The lowest BCUT2D eigenvalue weighted by Crippen LogP contribution is -2.48. The third-order valence-corrected chi connectivity index (χ3v) is 7.79. The number of carboxylic acids is 1. The number of hydrogen-bond acceptors (Lipinski definition) is 5. The first kappa shape index (κ1) is 16.2. The maximum Gasteiger partial charge on any atom is 0.345 e. The minimum absolute atomic E-state index is 0.251. The largest absolute Gasteiger partial charge is 0.477 e. The van der Waals surface area contributed by atoms with Crippen molar-refractivity contribution in [2.75, 3.05) is 26.2 Å². The van der Waals surface area contributed by atoms with Crippen molar-refractivity contribution in [3.05, 3.63) is 21.4 Å². The van der Waals surface area contributed by atoms with Crippen LogP contribution in [0.15, 0.2) is 6.07 Å². The highest BCUT2D eigenvalue weighted by Crippen LogP contribution is 2.45. The highest BCUT2D eigenvalue weighted by atomic mass is 32.1. The van der Waals surface area contributed by atoms with Gasteiger partial charge in [0, 0.05) is 36.9 Å². The van der Waals surface area contributed by atoms with Gasteiger partial charge in [-0.15, -0.1) is 11.3 Å². The molecule has 4 aliphatic heterocycles. The van der Waals surface area contributed by atoms with Crippen molar-refractivity contribution < 1.29 is 19.4 Å². The zero-order valence-corrected chi connectivity index (χ0v) is 15.2. The van der Waals surface area contributed by atoms with E-state index in [4.69, 9.17) is 9.47 Å². The molecule has 1 aromatic heterocycles. The Morgan fingerprint density at radius 3 is 2.88 bits per heavy atom. The van der Waals surface area contributed by atoms with Crippen molar-refractivity contribution in [2.45, 2.75) is 56.3 Å². The van der Waals surface area contributed by atoms with Crippen LogP contribution >= 0.6 is 11.3 Å². The van der Waals surface area contributed by atoms with Gasteiger partial charge in [-0.3, -0.25) is 0 Å². The number of likely N-dealkylation sites (tertiary alicyclic amines) is 1. The van der Waals surface area contributed by atoms with Gasteiger partial charge in [0.25, 0.3) is 0 Å². The van der Waals surface area contributed by atoms with Crippen LogP contribution in [-0.4, -0.2) is 54.4 Å². The minimum atomic E-state index is -0.816. The van der Waals surface area contributed by atoms with Gasteiger partial charge in [0.15, 0.2) is 0 Å². The highest BCUT2D eigenvalue weighted by Gasteiger charge is 2.45. The van der Waals surface area contributed by atoms with Gasteiger partial charge in [0.2, 0.25) is 0 Å². The summed E-state index contributed by atoms with van der Waals surface area (Å²) in [4.78, 5) is 15.6. The number of hydrogen-bond donors (Lipinski definition) is 1. The molecule has 4 aliphatic rings. The Morgan fingerprint density at radius 2 is 2.20 bits per heavy atom. The number of nitrogens with zero attached hydrogens (tertiary/aromatic N) is 1. The van der Waals surface area contributed by atoms with Gasteiger partial charge < -0.3 is 19.5 Å². The summed E-state index contributed by atoms with van der Waals surface area (Å²) in [6.45, 7) is 3.93. The molecule has 25 heavy (non-hydrogen) atoms. The first-order valence-electron chi connectivity index (χ1n) is 9.51. The normalized spacial score (nSPS) is 33.7. The second-order valence-corrected chi connectivity index (χ2v) is 9.15. The monoisotopic (exact) mass is 363 g/mol. The van der Waals surface area contributed by atoms with E-state index in [0.29, 0.717) is 29.6 Å². The van der Waals surface area contributed by atoms with Crippen LogP contribution in [-0.2, 0) is 21.5 Å². The van der Waals surface area contributed by atoms with Crippen molar-refractivity contribution in [1.82, 2.24) is 4.90 Å². The molecule has 5 nitrogen and oxygen atoms in total. The van der Waals surface area contributed by atoms with Crippen LogP contribution in [0.25, 0.3) is 0 Å². The summed E-state index contributed by atoms with van der Waals surface area (Å²) in [5, 5.41) is 9.32. The highest BCUT2D eigenvalue weighted by molar-refractivity contribution is 7.14. The van der Waals surface area contributed by atoms with E-state index in [2.05, 4.69) is 4.90 Å². The van der Waals surface area contributed by atoms with E-state index in [0.717, 1.165) is 44.5 Å². The second kappa shape index (κ2) is 6.05. The van der Waals surface area contributed by atoms with E-state index in [-0.39, 0.29) is 5.60 Å². The van der Waals surface area contributed by atoms with Crippen LogP contribution in [0.4, 0.5) is 0 Å². The lowest BCUT2D eigenvalue weighted by Gasteiger charge is -2.44. The number of carbonyl (C=O) groups is 1. The van der Waals surface area contributed by atoms with Crippen molar-refractivity contribution in [2.24, 2.45) is 5.92 Å². The molecule has 0 amide bonds. The predicted molar refractivity (Wildman–Crippen MR) is 94.3 cm³/mol. The molecule has 2 bridgehead atoms. The van der Waals surface area contributed by atoms with Crippen molar-refractivity contribution >= 4 is 17.3 Å². The summed E-state index contributed by atoms with van der Waals surface area (Å²) in [6.07, 6.45) is 7.54. The summed E-state index contributed by atoms with van der Waals surface area (Å²) in [7, 11) is 0. The van der Waals surface area contributed by atoms with Gasteiger partial charge in [-0.1, -0.05) is 0 Å². The van der Waals surface area contributed by atoms with Crippen LogP contribution in [0, 0.1) is 5.92 Å². The van der Waals surface area contributed by atoms with E-state index in [1.54, 1.807) is 0 Å². The van der Waals surface area contributed by atoms with E-state index < -0.39 is 5.97 Å². The number of piperidine rings is 1. The third kappa shape index (κ3) is 2.74. The Morgan fingerprint density at radius 1 is 1.36 bits per heavy atom. The molecule has 3 saturated heterocycles. The van der Waals surface area contributed by atoms with Crippen LogP contribution in [0.3, 0.4) is 0 Å². The second-order valence-electron chi connectivity index (χ2n) is 8.02. The number of aromatic carboxylic acids is 1. The van der Waals surface area contributed by atoms with Gasteiger partial charge in [-0.2, -0.15) is 0 Å². The fourth-order valence-electron chi connectivity index (χ4n) is 5.30. The maximum absolute atomic E-state index is 11.3. The molecule has 0 saturated carbocycles. The number of rotatable bonds is 3. The summed E-state index contributed by atoms with van der Waals surface area (Å²) < 4.78 is 12.3. The van der Waals surface area contributed by atoms with Gasteiger partial charge in [-0.05, 0) is 43.7 Å². The zero-order chi connectivity index (χ0) is 17.0. The first-order chi connectivity index (χ1) is 12.1. The molecule has 136 valence electrons. The van der Waals surface area contributed by atoms with Crippen molar-refractivity contribution in [1.29, 1.82) is 0 Å². The molecular weight excluding hydrogens is 338 g/mol. The van der Waals surface area contributed by atoms with Crippen LogP contribution in [0.1, 0.15) is 52.2 Å². The molecule has 3 fully saturated rings. The van der Waals surface area contributed by atoms with E-state index in [1.165, 1.54) is 35.5 Å². The standard InChI is InChI=1S/C19H25NO4S/c21-18(22)17-10-14-16(25-17)3-8-23-19(14)4-6-20(7-5-19)11-12-9-13-1-2-15(12)24-13/h10,12-13,15H,1-9,11H2,(H,21,22)/t12-,13+,15-/m1/s1. The van der Waals surface area contributed by atoms with Crippen molar-refractivity contribution in [3.8, 4) is 0 Å². The Hall–Kier alpha value is -0.950. The molecular formula is C19H25NO4S. The average molecular weight is 363 g/mol. The number of ether oxygens (including phenoxy) is 2. The fraction of sp³-hybridized carbons (Fsp3) is 0.737. The van der Waals surface area contributed by atoms with Gasteiger partial charge in [-0.25, -0.2) is 4.79 Å². The third-order valence-electron chi connectivity index (χ3n) is 6.61. The Balaban J connectivity index is 1.28. The molecule has 0 aromatic carbocycles. The van der Waals surface area contributed by atoms with E-state index >= 15 is 0 Å². The summed E-state index contributed by atoms with van der Waals surface area (Å²) in [5.41, 5.74) is 0.906. The average Bonchev–Trinajstić information content (AvgIpc) is 3.32. The summed E-state index contributed by atoms with van der Waals surface area (Å²) in [5.74, 6) is -0.112. The molecule has 1 N–H and O–H groups in total. The maximum atomic E-state index is 11.3. The van der Waals surface area contributed by atoms with Crippen molar-refractivity contribution in [3.63, 3.8) is 0 Å². The minimum Gasteiger partial charge on any atom is -0.477 e. The molecule has 3 atom stereocenters. The van der Waals surface area contributed by atoms with Crippen LogP contribution in [0.2, 0.25) is 0 Å². The van der Waals surface area contributed by atoms with E-state index in [1.807, 2.05) is 6.07 Å². The molecule has 5 heterocycles. The van der Waals surface area contributed by atoms with Gasteiger partial charge in [0.1, 0.15) is 4.88 Å². The molecule has 5 rings (SSSR count). The smallest absolute Gasteiger partial charge is 0.345 e. The quantitative estimate of drug-likeness (QED) is 0.895. The number of thiophene rings is 1. The lowest BCUT2D eigenvalue weighted by molar-refractivity contribution is -0.0989. The molecule has 0 aliphatic carbocycles. The fourth-order valence-corrected chi connectivity index (χ4v) is 6.37. The predicted octanol–water partition coefficient (Wildman–Crippen LogP) is 2.88. The Bertz CT molecular complexity index is 679. The van der Waals surface area contributed by atoms with Crippen LogP contribution < -0.4 is 0 Å². The molecule has 6 heteroatoms. The zero-order valence-electron chi connectivity index (χ0n) is 14.4. The van der Waals surface area contributed by atoms with Crippen LogP contribution in [0.5, 0.6) is 0 Å². The van der Waals surface area contributed by atoms with Gasteiger partial charge >= 0.3 is 5.97 Å². The lowest BCUT2D eigenvalue weighted by atomic mass is 9.81. The number of carboxylic acid groups (broad SMARTS) is 1. The summed E-state index contributed by atoms with van der Waals surface area (Å²) >= 11 is 1.44. The molecule has 0 unspecified atom stereocenters. The Kier molecular flexibility index (Phi) is 3.93. The molecule has 1 spiro atoms. The molecule has 1 aromatic rings. The summed E-state index contributed by atoms with van der Waals surface area (Å²) in [6, 6.07) is 1.88. The first-order valence-corrected chi connectivity index (χ1v) is 10.3. The van der Waals surface area contributed by atoms with E-state index in [9.17, 15) is 9.90 Å². The SMILES string of the molecule is O=C(O)c1cc2c(s1)CCOC21CCN(C[C@H]2C[C@@H]3CC[C@H]2O3)CC1. The topological polar surface area (TPSA) is 59.0 Å².